The van der Waals surface area contributed by atoms with Gasteiger partial charge in [-0.3, -0.25) is 0 Å². The molecule has 0 unspecified atom stereocenters. The zero-order chi connectivity index (χ0) is 13.7. The number of rotatable bonds is 5. The van der Waals surface area contributed by atoms with E-state index in [-0.39, 0.29) is 0 Å². The predicted octanol–water partition coefficient (Wildman–Crippen LogP) is 2.99. The van der Waals surface area contributed by atoms with Crippen molar-refractivity contribution in [2.24, 2.45) is 0 Å². The Hall–Kier alpha value is -2.23. The van der Waals surface area contributed by atoms with E-state index in [0.717, 1.165) is 11.3 Å². The van der Waals surface area contributed by atoms with E-state index in [1.165, 1.54) is 5.56 Å². The van der Waals surface area contributed by atoms with E-state index in [9.17, 15) is 0 Å². The number of aromatic nitrogens is 1. The molecule has 2 rings (SSSR count). The summed E-state index contributed by atoms with van der Waals surface area (Å²) in [5.41, 5.74) is 2.12. The number of pyridine rings is 1. The molecule has 1 aromatic carbocycles. The number of ether oxygens (including phenoxy) is 3. The molecule has 0 spiro atoms. The predicted molar refractivity (Wildman–Crippen MR) is 72.9 cm³/mol. The maximum absolute atomic E-state index is 5.73. The first-order valence-corrected chi connectivity index (χ1v) is 5.99. The third kappa shape index (κ3) is 3.61. The third-order valence-corrected chi connectivity index (χ3v) is 2.65. The zero-order valence-electron chi connectivity index (χ0n) is 11.3. The molecule has 0 amide bonds. The Bertz CT molecular complexity index is 533. The largest absolute Gasteiger partial charge is 0.489 e. The Balaban J connectivity index is 2.10. The molecular formula is C15H17NO3. The van der Waals surface area contributed by atoms with E-state index < -0.39 is 0 Å². The van der Waals surface area contributed by atoms with Crippen molar-refractivity contribution in [3.8, 4) is 17.5 Å². The summed E-state index contributed by atoms with van der Waals surface area (Å²) in [6.07, 6.45) is 0. The van der Waals surface area contributed by atoms with E-state index in [1.807, 2.05) is 43.3 Å². The molecule has 0 fully saturated rings. The zero-order valence-corrected chi connectivity index (χ0v) is 11.3. The highest BCUT2D eigenvalue weighted by atomic mass is 16.5. The van der Waals surface area contributed by atoms with Crippen LogP contribution in [0.25, 0.3) is 0 Å². The fraction of sp³-hybridized carbons (Fsp3) is 0.267. The average Bonchev–Trinajstić information content (AvgIpc) is 2.44. The van der Waals surface area contributed by atoms with Crippen molar-refractivity contribution in [1.29, 1.82) is 0 Å². The molecule has 4 nitrogen and oxygen atoms in total. The van der Waals surface area contributed by atoms with Crippen molar-refractivity contribution in [2.75, 3.05) is 14.2 Å². The van der Waals surface area contributed by atoms with Gasteiger partial charge in [-0.1, -0.05) is 12.1 Å². The molecular weight excluding hydrogens is 242 g/mol. The van der Waals surface area contributed by atoms with Gasteiger partial charge in [0.2, 0.25) is 11.8 Å². The van der Waals surface area contributed by atoms with Gasteiger partial charge in [0.05, 0.1) is 14.2 Å². The first-order valence-electron chi connectivity index (χ1n) is 5.99. The van der Waals surface area contributed by atoms with Crippen LogP contribution < -0.4 is 14.2 Å². The van der Waals surface area contributed by atoms with Crippen molar-refractivity contribution in [3.63, 3.8) is 0 Å². The maximum Gasteiger partial charge on any atom is 0.216 e. The number of methoxy groups -OCH3 is 2. The minimum Gasteiger partial charge on any atom is -0.489 e. The summed E-state index contributed by atoms with van der Waals surface area (Å²) >= 11 is 0. The van der Waals surface area contributed by atoms with Gasteiger partial charge < -0.3 is 14.2 Å². The van der Waals surface area contributed by atoms with Gasteiger partial charge in [-0.05, 0) is 30.2 Å². The van der Waals surface area contributed by atoms with Crippen LogP contribution >= 0.6 is 0 Å². The SMILES string of the molecule is COc1cc(COc2cccc(C)c2)cc(OC)n1. The Morgan fingerprint density at radius 2 is 1.68 bits per heavy atom. The standard InChI is InChI=1S/C15H17NO3/c1-11-5-4-6-13(7-11)19-10-12-8-14(17-2)16-15(9-12)18-3/h4-9H,10H2,1-3H3. The van der Waals surface area contributed by atoms with E-state index in [4.69, 9.17) is 14.2 Å². The lowest BCUT2D eigenvalue weighted by Gasteiger charge is -2.09. The fourth-order valence-corrected chi connectivity index (χ4v) is 1.70. The maximum atomic E-state index is 5.73. The molecule has 0 atom stereocenters. The van der Waals surface area contributed by atoms with Crippen molar-refractivity contribution in [2.45, 2.75) is 13.5 Å². The molecule has 100 valence electrons. The lowest BCUT2D eigenvalue weighted by atomic mass is 10.2. The monoisotopic (exact) mass is 259 g/mol. The third-order valence-electron chi connectivity index (χ3n) is 2.65. The topological polar surface area (TPSA) is 40.6 Å². The van der Waals surface area contributed by atoms with Crippen LogP contribution in [0, 0.1) is 6.92 Å². The van der Waals surface area contributed by atoms with Crippen LogP contribution in [0.3, 0.4) is 0 Å². The van der Waals surface area contributed by atoms with Crippen LogP contribution in [0.1, 0.15) is 11.1 Å². The molecule has 0 bridgehead atoms. The Morgan fingerprint density at radius 3 is 2.26 bits per heavy atom. The molecule has 0 aliphatic heterocycles. The van der Waals surface area contributed by atoms with Crippen molar-refractivity contribution in [1.82, 2.24) is 4.98 Å². The summed E-state index contributed by atoms with van der Waals surface area (Å²) in [7, 11) is 3.15. The van der Waals surface area contributed by atoms with E-state index in [0.29, 0.717) is 18.4 Å². The lowest BCUT2D eigenvalue weighted by Crippen LogP contribution is -1.99. The van der Waals surface area contributed by atoms with Crippen LogP contribution in [0.15, 0.2) is 36.4 Å². The number of hydrogen-bond acceptors (Lipinski definition) is 4. The van der Waals surface area contributed by atoms with E-state index in [2.05, 4.69) is 4.98 Å². The first-order chi connectivity index (χ1) is 9.21. The molecule has 2 aromatic rings. The smallest absolute Gasteiger partial charge is 0.216 e. The molecule has 1 heterocycles. The number of nitrogens with zero attached hydrogens (tertiary/aromatic N) is 1. The number of aryl methyl sites for hydroxylation is 1. The van der Waals surface area contributed by atoms with Crippen LogP contribution in [-0.2, 0) is 6.61 Å². The second kappa shape index (κ2) is 6.09. The van der Waals surface area contributed by atoms with Crippen LogP contribution in [-0.4, -0.2) is 19.2 Å². The van der Waals surface area contributed by atoms with Crippen molar-refractivity contribution < 1.29 is 14.2 Å². The molecule has 4 heteroatoms. The van der Waals surface area contributed by atoms with E-state index in [1.54, 1.807) is 14.2 Å². The van der Waals surface area contributed by atoms with Gasteiger partial charge in [0.25, 0.3) is 0 Å². The van der Waals surface area contributed by atoms with Gasteiger partial charge >= 0.3 is 0 Å². The second-order valence-electron chi connectivity index (χ2n) is 4.17. The van der Waals surface area contributed by atoms with Crippen LogP contribution in [0.5, 0.6) is 17.5 Å². The Kier molecular flexibility index (Phi) is 4.23. The molecule has 1 aromatic heterocycles. The minimum absolute atomic E-state index is 0.443. The molecule has 0 aliphatic rings. The summed E-state index contributed by atoms with van der Waals surface area (Å²) < 4.78 is 16.0. The van der Waals surface area contributed by atoms with Gasteiger partial charge in [-0.2, -0.15) is 4.98 Å². The summed E-state index contributed by atoms with van der Waals surface area (Å²) in [5, 5.41) is 0. The van der Waals surface area contributed by atoms with Crippen molar-refractivity contribution in [3.05, 3.63) is 47.5 Å². The molecule has 0 N–H and O–H groups in total. The van der Waals surface area contributed by atoms with Gasteiger partial charge in [-0.25, -0.2) is 0 Å². The van der Waals surface area contributed by atoms with Crippen LogP contribution in [0.2, 0.25) is 0 Å². The van der Waals surface area contributed by atoms with Crippen molar-refractivity contribution >= 4 is 0 Å². The highest BCUT2D eigenvalue weighted by Crippen LogP contribution is 2.20. The number of benzene rings is 1. The lowest BCUT2D eigenvalue weighted by molar-refractivity contribution is 0.302. The number of hydrogen-bond donors (Lipinski definition) is 0. The van der Waals surface area contributed by atoms with E-state index >= 15 is 0 Å². The molecule has 0 aliphatic carbocycles. The minimum atomic E-state index is 0.443. The summed E-state index contributed by atoms with van der Waals surface area (Å²) in [5.74, 6) is 1.87. The normalized spacial score (nSPS) is 10.1. The molecule has 19 heavy (non-hydrogen) atoms. The van der Waals surface area contributed by atoms with Gasteiger partial charge in [-0.15, -0.1) is 0 Å². The average molecular weight is 259 g/mol. The van der Waals surface area contributed by atoms with Gasteiger partial charge in [0, 0.05) is 12.1 Å². The summed E-state index contributed by atoms with van der Waals surface area (Å²) in [6.45, 7) is 2.48. The van der Waals surface area contributed by atoms with Gasteiger partial charge in [0.1, 0.15) is 12.4 Å². The van der Waals surface area contributed by atoms with Crippen LogP contribution in [0.4, 0.5) is 0 Å². The summed E-state index contributed by atoms with van der Waals surface area (Å²) in [6, 6.07) is 11.6. The fourth-order valence-electron chi connectivity index (χ4n) is 1.70. The van der Waals surface area contributed by atoms with Gasteiger partial charge in [0.15, 0.2) is 0 Å². The first kappa shape index (κ1) is 13.2. The second-order valence-corrected chi connectivity index (χ2v) is 4.17. The Labute approximate surface area is 113 Å². The molecule has 0 saturated carbocycles. The molecule has 0 radical (unpaired) electrons. The Morgan fingerprint density at radius 1 is 1.00 bits per heavy atom. The highest BCUT2D eigenvalue weighted by molar-refractivity contribution is 5.30. The highest BCUT2D eigenvalue weighted by Gasteiger charge is 2.04. The quantitative estimate of drug-likeness (QED) is 0.827. The molecule has 0 saturated heterocycles. The summed E-state index contributed by atoms with van der Waals surface area (Å²) in [4.78, 5) is 4.14.